The molecule has 3 N–H and O–H groups in total. The zero-order valence-corrected chi connectivity index (χ0v) is 9.78. The van der Waals surface area contributed by atoms with Gasteiger partial charge in [0, 0.05) is 18.2 Å². The molecule has 16 heavy (non-hydrogen) atoms. The highest BCUT2D eigenvalue weighted by atomic mass is 16.5. The van der Waals surface area contributed by atoms with E-state index in [0.29, 0.717) is 11.6 Å². The number of methoxy groups -OCH3 is 1. The van der Waals surface area contributed by atoms with Crippen molar-refractivity contribution >= 4 is 11.7 Å². The van der Waals surface area contributed by atoms with Crippen molar-refractivity contribution in [3.63, 3.8) is 0 Å². The van der Waals surface area contributed by atoms with E-state index in [2.05, 4.69) is 10.3 Å². The van der Waals surface area contributed by atoms with Gasteiger partial charge in [-0.1, -0.05) is 0 Å². The standard InChI is InChI=1S/C11H17N3O2/c1-11(2,7-9(12)15)14-10-8(16-3)5-4-6-13-10/h4-6H,7H2,1-3H3,(H2,12,15)(H,13,14). The summed E-state index contributed by atoms with van der Waals surface area (Å²) < 4.78 is 5.16. The molecule has 1 amide bonds. The van der Waals surface area contributed by atoms with E-state index in [9.17, 15) is 4.79 Å². The maximum atomic E-state index is 10.9. The zero-order chi connectivity index (χ0) is 12.2. The number of primary amides is 1. The van der Waals surface area contributed by atoms with Crippen molar-refractivity contribution in [3.8, 4) is 5.75 Å². The quantitative estimate of drug-likeness (QED) is 0.785. The van der Waals surface area contributed by atoms with Crippen LogP contribution in [0.2, 0.25) is 0 Å². The second-order valence-electron chi connectivity index (χ2n) is 4.21. The molecule has 88 valence electrons. The Bertz CT molecular complexity index is 377. The van der Waals surface area contributed by atoms with E-state index in [4.69, 9.17) is 10.5 Å². The lowest BCUT2D eigenvalue weighted by molar-refractivity contribution is -0.118. The summed E-state index contributed by atoms with van der Waals surface area (Å²) in [6.45, 7) is 3.76. The summed E-state index contributed by atoms with van der Waals surface area (Å²) in [7, 11) is 1.57. The minimum atomic E-state index is -0.451. The summed E-state index contributed by atoms with van der Waals surface area (Å²) in [5.74, 6) is 0.892. The first kappa shape index (κ1) is 12.3. The first-order valence-electron chi connectivity index (χ1n) is 5.00. The molecule has 1 rings (SSSR count). The monoisotopic (exact) mass is 223 g/mol. The Morgan fingerprint density at radius 3 is 2.88 bits per heavy atom. The van der Waals surface area contributed by atoms with Crippen molar-refractivity contribution in [2.45, 2.75) is 25.8 Å². The molecule has 0 aromatic carbocycles. The Hall–Kier alpha value is -1.78. The third-order valence-electron chi connectivity index (χ3n) is 2.06. The fourth-order valence-electron chi connectivity index (χ4n) is 1.45. The largest absolute Gasteiger partial charge is 0.493 e. The number of aromatic nitrogens is 1. The van der Waals surface area contributed by atoms with Crippen LogP contribution in [0.5, 0.6) is 5.75 Å². The number of hydrogen-bond donors (Lipinski definition) is 2. The first-order chi connectivity index (χ1) is 7.44. The van der Waals surface area contributed by atoms with Crippen LogP contribution in [-0.4, -0.2) is 23.5 Å². The number of nitrogens with two attached hydrogens (primary N) is 1. The van der Waals surface area contributed by atoms with Gasteiger partial charge in [-0.25, -0.2) is 4.98 Å². The number of carbonyl (C=O) groups excluding carboxylic acids is 1. The average Bonchev–Trinajstić information content (AvgIpc) is 2.15. The van der Waals surface area contributed by atoms with E-state index in [1.807, 2.05) is 13.8 Å². The maximum absolute atomic E-state index is 10.9. The number of ether oxygens (including phenoxy) is 1. The fourth-order valence-corrected chi connectivity index (χ4v) is 1.45. The molecule has 5 heteroatoms. The highest BCUT2D eigenvalue weighted by molar-refractivity contribution is 5.75. The van der Waals surface area contributed by atoms with Crippen LogP contribution in [0.3, 0.4) is 0 Å². The van der Waals surface area contributed by atoms with Crippen LogP contribution in [0.25, 0.3) is 0 Å². The number of nitrogens with one attached hydrogen (secondary N) is 1. The van der Waals surface area contributed by atoms with Gasteiger partial charge in [-0.15, -0.1) is 0 Å². The Morgan fingerprint density at radius 2 is 2.31 bits per heavy atom. The van der Waals surface area contributed by atoms with Gasteiger partial charge in [0.1, 0.15) is 0 Å². The Morgan fingerprint density at radius 1 is 1.62 bits per heavy atom. The van der Waals surface area contributed by atoms with Gasteiger partial charge in [-0.3, -0.25) is 4.79 Å². The van der Waals surface area contributed by atoms with Crippen LogP contribution >= 0.6 is 0 Å². The van der Waals surface area contributed by atoms with Gasteiger partial charge in [0.05, 0.1) is 7.11 Å². The summed E-state index contributed by atoms with van der Waals surface area (Å²) in [5.41, 5.74) is 4.72. The van der Waals surface area contributed by atoms with Gasteiger partial charge < -0.3 is 15.8 Å². The van der Waals surface area contributed by atoms with E-state index < -0.39 is 5.54 Å². The van der Waals surface area contributed by atoms with Crippen molar-refractivity contribution in [3.05, 3.63) is 18.3 Å². The molecular formula is C11H17N3O2. The number of rotatable bonds is 5. The maximum Gasteiger partial charge on any atom is 0.219 e. The Labute approximate surface area is 95.0 Å². The van der Waals surface area contributed by atoms with E-state index in [1.54, 1.807) is 25.4 Å². The van der Waals surface area contributed by atoms with Crippen LogP contribution in [-0.2, 0) is 4.79 Å². The minimum absolute atomic E-state index is 0.229. The molecule has 1 heterocycles. The minimum Gasteiger partial charge on any atom is -0.493 e. The second-order valence-corrected chi connectivity index (χ2v) is 4.21. The lowest BCUT2D eigenvalue weighted by Crippen LogP contribution is -2.36. The molecule has 0 fully saturated rings. The molecule has 1 aromatic rings. The highest BCUT2D eigenvalue weighted by Crippen LogP contribution is 2.24. The molecule has 0 aliphatic heterocycles. The molecule has 0 unspecified atom stereocenters. The number of nitrogens with zero attached hydrogens (tertiary/aromatic N) is 1. The van der Waals surface area contributed by atoms with Crippen LogP contribution in [0.4, 0.5) is 5.82 Å². The smallest absolute Gasteiger partial charge is 0.219 e. The molecular weight excluding hydrogens is 206 g/mol. The van der Waals surface area contributed by atoms with Crippen molar-refractivity contribution in [1.82, 2.24) is 4.98 Å². The molecule has 0 saturated heterocycles. The summed E-state index contributed by atoms with van der Waals surface area (Å²) >= 11 is 0. The third-order valence-corrected chi connectivity index (χ3v) is 2.06. The fraction of sp³-hybridized carbons (Fsp3) is 0.455. The van der Waals surface area contributed by atoms with Gasteiger partial charge in [-0.2, -0.15) is 0 Å². The molecule has 0 aliphatic rings. The lowest BCUT2D eigenvalue weighted by Gasteiger charge is -2.26. The lowest BCUT2D eigenvalue weighted by atomic mass is 10.0. The normalized spacial score (nSPS) is 10.9. The van der Waals surface area contributed by atoms with Crippen LogP contribution < -0.4 is 15.8 Å². The van der Waals surface area contributed by atoms with Crippen molar-refractivity contribution in [1.29, 1.82) is 0 Å². The van der Waals surface area contributed by atoms with E-state index in [1.165, 1.54) is 0 Å². The summed E-state index contributed by atoms with van der Waals surface area (Å²) in [5, 5.41) is 3.13. The molecule has 5 nitrogen and oxygen atoms in total. The highest BCUT2D eigenvalue weighted by Gasteiger charge is 2.22. The second kappa shape index (κ2) is 4.83. The number of amides is 1. The summed E-state index contributed by atoms with van der Waals surface area (Å²) in [6, 6.07) is 3.58. The molecule has 0 saturated carbocycles. The molecule has 0 bridgehead atoms. The van der Waals surface area contributed by atoms with Gasteiger partial charge in [0.15, 0.2) is 11.6 Å². The number of hydrogen-bond acceptors (Lipinski definition) is 4. The molecule has 0 radical (unpaired) electrons. The van der Waals surface area contributed by atoms with Crippen LogP contribution in [0.1, 0.15) is 20.3 Å². The molecule has 1 aromatic heterocycles. The SMILES string of the molecule is COc1cccnc1NC(C)(C)CC(N)=O. The Kier molecular flexibility index (Phi) is 3.71. The number of carbonyl (C=O) groups is 1. The van der Waals surface area contributed by atoms with Gasteiger partial charge in [-0.05, 0) is 26.0 Å². The summed E-state index contributed by atoms with van der Waals surface area (Å²) in [4.78, 5) is 15.0. The van der Waals surface area contributed by atoms with E-state index in [-0.39, 0.29) is 12.3 Å². The average molecular weight is 223 g/mol. The number of pyridine rings is 1. The van der Waals surface area contributed by atoms with Gasteiger partial charge in [0.2, 0.25) is 5.91 Å². The van der Waals surface area contributed by atoms with Crippen LogP contribution in [0, 0.1) is 0 Å². The topological polar surface area (TPSA) is 77.2 Å². The van der Waals surface area contributed by atoms with Crippen molar-refractivity contribution < 1.29 is 9.53 Å². The predicted molar refractivity (Wildman–Crippen MR) is 62.3 cm³/mol. The molecule has 0 spiro atoms. The zero-order valence-electron chi connectivity index (χ0n) is 9.78. The van der Waals surface area contributed by atoms with E-state index >= 15 is 0 Å². The number of anilines is 1. The van der Waals surface area contributed by atoms with E-state index in [0.717, 1.165) is 0 Å². The van der Waals surface area contributed by atoms with Gasteiger partial charge in [0.25, 0.3) is 0 Å². The Balaban J connectivity index is 2.82. The molecule has 0 atom stereocenters. The third kappa shape index (κ3) is 3.42. The summed E-state index contributed by atoms with van der Waals surface area (Å²) in [6.07, 6.45) is 1.89. The van der Waals surface area contributed by atoms with Gasteiger partial charge >= 0.3 is 0 Å². The molecule has 0 aliphatic carbocycles. The van der Waals surface area contributed by atoms with Crippen LogP contribution in [0.15, 0.2) is 18.3 Å². The van der Waals surface area contributed by atoms with Crippen molar-refractivity contribution in [2.24, 2.45) is 5.73 Å². The predicted octanol–water partition coefficient (Wildman–Crippen LogP) is 1.16. The van der Waals surface area contributed by atoms with Crippen molar-refractivity contribution in [2.75, 3.05) is 12.4 Å². The first-order valence-corrected chi connectivity index (χ1v) is 5.00.